The van der Waals surface area contributed by atoms with Crippen LogP contribution in [0.4, 0.5) is 0 Å². The summed E-state index contributed by atoms with van der Waals surface area (Å²) in [7, 11) is -3.63. The Morgan fingerprint density at radius 3 is 2.39 bits per heavy atom. The molecule has 1 fully saturated rings. The molecule has 1 aliphatic heterocycles. The number of aryl methyl sites for hydroxylation is 2. The molecule has 0 saturated carbocycles. The van der Waals surface area contributed by atoms with Crippen molar-refractivity contribution in [1.29, 1.82) is 0 Å². The van der Waals surface area contributed by atoms with E-state index in [-0.39, 0.29) is 12.5 Å². The topological polar surface area (TPSA) is 66.5 Å². The summed E-state index contributed by atoms with van der Waals surface area (Å²) in [5, 5.41) is 2.98. The maximum Gasteiger partial charge on any atom is 0.243 e. The van der Waals surface area contributed by atoms with Crippen molar-refractivity contribution >= 4 is 15.9 Å². The van der Waals surface area contributed by atoms with Gasteiger partial charge in [-0.3, -0.25) is 4.79 Å². The van der Waals surface area contributed by atoms with Crippen molar-refractivity contribution in [2.45, 2.75) is 45.1 Å². The number of sulfonamides is 1. The number of rotatable bonds is 5. The van der Waals surface area contributed by atoms with Crippen LogP contribution in [0, 0.1) is 19.3 Å². The molecule has 0 aliphatic carbocycles. The van der Waals surface area contributed by atoms with E-state index in [9.17, 15) is 13.2 Å². The summed E-state index contributed by atoms with van der Waals surface area (Å²) in [6, 6.07) is 15.1. The van der Waals surface area contributed by atoms with E-state index >= 15 is 0 Å². The van der Waals surface area contributed by atoms with Gasteiger partial charge >= 0.3 is 0 Å². The summed E-state index contributed by atoms with van der Waals surface area (Å²) >= 11 is 0. The highest BCUT2D eigenvalue weighted by atomic mass is 32.2. The Balaban J connectivity index is 1.75. The van der Waals surface area contributed by atoms with Gasteiger partial charge in [-0.05, 0) is 62.4 Å². The van der Waals surface area contributed by atoms with Crippen LogP contribution < -0.4 is 5.32 Å². The highest BCUT2D eigenvalue weighted by molar-refractivity contribution is 7.89. The molecule has 1 amide bonds. The van der Waals surface area contributed by atoms with Gasteiger partial charge in [0.1, 0.15) is 0 Å². The molecule has 2 aromatic rings. The Bertz CT molecular complexity index is 937. The van der Waals surface area contributed by atoms with Crippen molar-refractivity contribution < 1.29 is 13.2 Å². The van der Waals surface area contributed by atoms with E-state index in [0.29, 0.717) is 30.8 Å². The van der Waals surface area contributed by atoms with Crippen LogP contribution in [0.25, 0.3) is 0 Å². The summed E-state index contributed by atoms with van der Waals surface area (Å²) in [5.41, 5.74) is 2.12. The first kappa shape index (κ1) is 20.6. The molecule has 1 unspecified atom stereocenters. The maximum absolute atomic E-state index is 13.2. The fourth-order valence-corrected chi connectivity index (χ4v) is 5.60. The van der Waals surface area contributed by atoms with E-state index in [0.717, 1.165) is 16.7 Å². The molecule has 0 aromatic heterocycles. The molecule has 0 spiro atoms. The lowest BCUT2D eigenvalue weighted by Gasteiger charge is -2.38. The zero-order valence-electron chi connectivity index (χ0n) is 16.7. The van der Waals surface area contributed by atoms with Gasteiger partial charge in [-0.15, -0.1) is 0 Å². The zero-order chi connectivity index (χ0) is 20.4. The number of nitrogens with zero attached hydrogens (tertiary/aromatic N) is 1. The molecular weight excluding hydrogens is 372 g/mol. The van der Waals surface area contributed by atoms with Crippen LogP contribution >= 0.6 is 0 Å². The van der Waals surface area contributed by atoms with Crippen LogP contribution in [0.5, 0.6) is 0 Å². The molecule has 1 heterocycles. The largest absolute Gasteiger partial charge is 0.352 e. The minimum Gasteiger partial charge on any atom is -0.352 e. The monoisotopic (exact) mass is 400 g/mol. The number of hydrogen-bond acceptors (Lipinski definition) is 3. The molecule has 0 bridgehead atoms. The number of nitrogens with one attached hydrogen (secondary N) is 1. The van der Waals surface area contributed by atoms with Crippen LogP contribution in [0.3, 0.4) is 0 Å². The molecule has 150 valence electrons. The molecule has 0 radical (unpaired) electrons. The van der Waals surface area contributed by atoms with Gasteiger partial charge in [-0.2, -0.15) is 4.31 Å². The van der Waals surface area contributed by atoms with Crippen LogP contribution in [0.15, 0.2) is 53.4 Å². The second-order valence-electron chi connectivity index (χ2n) is 7.99. The van der Waals surface area contributed by atoms with Gasteiger partial charge in [-0.1, -0.05) is 36.4 Å². The second kappa shape index (κ2) is 8.05. The molecule has 5 nitrogen and oxygen atoms in total. The van der Waals surface area contributed by atoms with Crippen molar-refractivity contribution in [3.8, 4) is 0 Å². The standard InChI is InChI=1S/C22H28N2O3S/c1-17-12-18(2)14-20(13-17)28(26,27)24-11-7-10-22(3,16-24)21(25)23-15-19-8-5-4-6-9-19/h4-6,8-9,12-14H,7,10-11,15-16H2,1-3H3,(H,23,25). The highest BCUT2D eigenvalue weighted by Gasteiger charge is 2.41. The third-order valence-electron chi connectivity index (χ3n) is 5.34. The van der Waals surface area contributed by atoms with E-state index in [1.54, 1.807) is 12.1 Å². The Kier molecular flexibility index (Phi) is 5.91. The van der Waals surface area contributed by atoms with Crippen molar-refractivity contribution in [3.05, 3.63) is 65.2 Å². The van der Waals surface area contributed by atoms with Gasteiger partial charge in [0.25, 0.3) is 0 Å². The van der Waals surface area contributed by atoms with Crippen molar-refractivity contribution in [3.63, 3.8) is 0 Å². The Morgan fingerprint density at radius 1 is 1.11 bits per heavy atom. The zero-order valence-corrected chi connectivity index (χ0v) is 17.6. The summed E-state index contributed by atoms with van der Waals surface area (Å²) in [6.45, 7) is 6.72. The Morgan fingerprint density at radius 2 is 1.75 bits per heavy atom. The number of amides is 1. The average Bonchev–Trinajstić information content (AvgIpc) is 2.66. The fourth-order valence-electron chi connectivity index (χ4n) is 3.81. The smallest absolute Gasteiger partial charge is 0.243 e. The lowest BCUT2D eigenvalue weighted by atomic mass is 9.82. The van der Waals surface area contributed by atoms with Crippen LogP contribution in [0.2, 0.25) is 0 Å². The molecule has 1 atom stereocenters. The summed E-state index contributed by atoms with van der Waals surface area (Å²) in [5.74, 6) is -0.100. The van der Waals surface area contributed by atoms with Crippen LogP contribution in [-0.4, -0.2) is 31.7 Å². The minimum atomic E-state index is -3.63. The first-order valence-electron chi connectivity index (χ1n) is 9.61. The average molecular weight is 401 g/mol. The minimum absolute atomic E-state index is 0.100. The van der Waals surface area contributed by atoms with Crippen molar-refractivity contribution in [2.24, 2.45) is 5.41 Å². The predicted molar refractivity (Wildman–Crippen MR) is 110 cm³/mol. The van der Waals surface area contributed by atoms with Crippen molar-refractivity contribution in [1.82, 2.24) is 9.62 Å². The molecule has 28 heavy (non-hydrogen) atoms. The molecule has 1 aliphatic rings. The summed E-state index contributed by atoms with van der Waals surface area (Å²) < 4.78 is 27.8. The van der Waals surface area contributed by atoms with E-state index in [1.165, 1.54) is 4.31 Å². The number of hydrogen-bond donors (Lipinski definition) is 1. The number of carbonyl (C=O) groups excluding carboxylic acids is 1. The van der Waals surface area contributed by atoms with Gasteiger partial charge in [-0.25, -0.2) is 8.42 Å². The normalized spacial score (nSPS) is 20.7. The highest BCUT2D eigenvalue weighted by Crippen LogP contribution is 2.33. The second-order valence-corrected chi connectivity index (χ2v) is 9.93. The number of benzene rings is 2. The number of piperidine rings is 1. The van der Waals surface area contributed by atoms with Gasteiger partial charge in [0.15, 0.2) is 0 Å². The molecular formula is C22H28N2O3S. The van der Waals surface area contributed by atoms with E-state index < -0.39 is 15.4 Å². The number of carbonyl (C=O) groups is 1. The lowest BCUT2D eigenvalue weighted by molar-refractivity contribution is -0.132. The van der Waals surface area contributed by atoms with Crippen molar-refractivity contribution in [2.75, 3.05) is 13.1 Å². The van der Waals surface area contributed by atoms with E-state index in [2.05, 4.69) is 5.32 Å². The van der Waals surface area contributed by atoms with Crippen LogP contribution in [-0.2, 0) is 21.4 Å². The fraction of sp³-hybridized carbons (Fsp3) is 0.409. The van der Waals surface area contributed by atoms with Gasteiger partial charge in [0.2, 0.25) is 15.9 Å². The van der Waals surface area contributed by atoms with E-state index in [1.807, 2.05) is 57.2 Å². The molecule has 1 saturated heterocycles. The third kappa shape index (κ3) is 4.45. The predicted octanol–water partition coefficient (Wildman–Crippen LogP) is 3.41. The summed E-state index contributed by atoms with van der Waals surface area (Å²) in [4.78, 5) is 13.2. The third-order valence-corrected chi connectivity index (χ3v) is 7.16. The molecule has 3 rings (SSSR count). The van der Waals surface area contributed by atoms with Gasteiger partial charge in [0, 0.05) is 19.6 Å². The quantitative estimate of drug-likeness (QED) is 0.836. The summed E-state index contributed by atoms with van der Waals surface area (Å²) in [6.07, 6.45) is 1.34. The molecule has 2 aromatic carbocycles. The molecule has 6 heteroatoms. The Labute approximate surface area is 167 Å². The molecule has 1 N–H and O–H groups in total. The van der Waals surface area contributed by atoms with E-state index in [4.69, 9.17) is 0 Å². The first-order chi connectivity index (χ1) is 13.2. The Hall–Kier alpha value is -2.18. The van der Waals surface area contributed by atoms with Gasteiger partial charge < -0.3 is 5.32 Å². The maximum atomic E-state index is 13.2. The van der Waals surface area contributed by atoms with Gasteiger partial charge in [0.05, 0.1) is 10.3 Å². The SMILES string of the molecule is Cc1cc(C)cc(S(=O)(=O)N2CCCC(C)(C(=O)NCc3ccccc3)C2)c1. The first-order valence-corrected chi connectivity index (χ1v) is 11.1. The van der Waals surface area contributed by atoms with Crippen LogP contribution in [0.1, 0.15) is 36.5 Å². The lowest BCUT2D eigenvalue weighted by Crippen LogP contribution is -2.51.